The smallest absolute Gasteiger partial charge is 0.191 e. The Kier molecular flexibility index (Phi) is 4.54. The van der Waals surface area contributed by atoms with Gasteiger partial charge in [0, 0.05) is 12.2 Å². The van der Waals surface area contributed by atoms with Gasteiger partial charge in [0.25, 0.3) is 0 Å². The molecular formula is C16H22O2. The van der Waals surface area contributed by atoms with Crippen molar-refractivity contribution >= 4 is 5.78 Å². The first-order valence-electron chi connectivity index (χ1n) is 7.01. The van der Waals surface area contributed by atoms with E-state index in [1.54, 1.807) is 0 Å². The number of hydrogen-bond donors (Lipinski definition) is 0. The Morgan fingerprint density at radius 1 is 1.28 bits per heavy atom. The van der Waals surface area contributed by atoms with E-state index in [0.717, 1.165) is 31.2 Å². The first-order valence-corrected chi connectivity index (χ1v) is 7.01. The Labute approximate surface area is 109 Å². The molecule has 0 spiro atoms. The lowest BCUT2D eigenvalue weighted by molar-refractivity contribution is 0.0374. The van der Waals surface area contributed by atoms with Gasteiger partial charge in [-0.25, -0.2) is 0 Å². The summed E-state index contributed by atoms with van der Waals surface area (Å²) >= 11 is 0. The molecule has 0 aliphatic heterocycles. The third kappa shape index (κ3) is 3.20. The molecular weight excluding hydrogens is 224 g/mol. The van der Waals surface area contributed by atoms with Crippen molar-refractivity contribution in [2.45, 2.75) is 45.6 Å². The molecule has 0 bridgehead atoms. The van der Waals surface area contributed by atoms with E-state index in [4.69, 9.17) is 4.74 Å². The van der Waals surface area contributed by atoms with E-state index in [-0.39, 0.29) is 11.9 Å². The zero-order valence-electron chi connectivity index (χ0n) is 11.3. The molecule has 0 amide bonds. The maximum Gasteiger partial charge on any atom is 0.191 e. The molecule has 0 aromatic heterocycles. The molecule has 1 aromatic rings. The molecule has 98 valence electrons. The van der Waals surface area contributed by atoms with Gasteiger partial charge in [-0.15, -0.1) is 0 Å². The van der Waals surface area contributed by atoms with Gasteiger partial charge in [0.15, 0.2) is 5.78 Å². The lowest BCUT2D eigenvalue weighted by Crippen LogP contribution is -2.26. The van der Waals surface area contributed by atoms with Crippen molar-refractivity contribution in [3.63, 3.8) is 0 Å². The van der Waals surface area contributed by atoms with Crippen LogP contribution in [0.25, 0.3) is 0 Å². The van der Waals surface area contributed by atoms with Crippen LogP contribution in [0.5, 0.6) is 0 Å². The molecule has 1 saturated carbocycles. The number of aryl methyl sites for hydroxylation is 1. The van der Waals surface area contributed by atoms with Crippen LogP contribution in [0.1, 0.15) is 49.0 Å². The van der Waals surface area contributed by atoms with Crippen LogP contribution >= 0.6 is 0 Å². The van der Waals surface area contributed by atoms with Gasteiger partial charge in [-0.2, -0.15) is 0 Å². The lowest BCUT2D eigenvalue weighted by Gasteiger charge is -2.15. The van der Waals surface area contributed by atoms with Crippen LogP contribution < -0.4 is 0 Å². The van der Waals surface area contributed by atoms with Crippen molar-refractivity contribution < 1.29 is 9.53 Å². The van der Waals surface area contributed by atoms with Crippen LogP contribution in [0.2, 0.25) is 0 Å². The molecule has 2 heteroatoms. The highest BCUT2D eigenvalue weighted by atomic mass is 16.5. The Morgan fingerprint density at radius 3 is 2.44 bits per heavy atom. The van der Waals surface area contributed by atoms with Crippen LogP contribution in [0, 0.1) is 5.92 Å². The van der Waals surface area contributed by atoms with E-state index >= 15 is 0 Å². The Balaban J connectivity index is 2.06. The van der Waals surface area contributed by atoms with E-state index < -0.39 is 0 Å². The quantitative estimate of drug-likeness (QED) is 0.687. The van der Waals surface area contributed by atoms with Gasteiger partial charge in [-0.1, -0.05) is 37.6 Å². The zero-order valence-corrected chi connectivity index (χ0v) is 11.3. The Bertz CT molecular complexity index is 390. The number of hydrogen-bond acceptors (Lipinski definition) is 2. The van der Waals surface area contributed by atoms with Crippen LogP contribution in [0.15, 0.2) is 24.3 Å². The number of carbonyl (C=O) groups is 1. The van der Waals surface area contributed by atoms with Gasteiger partial charge >= 0.3 is 0 Å². The summed E-state index contributed by atoms with van der Waals surface area (Å²) in [5.74, 6) is 0.607. The molecule has 0 N–H and O–H groups in total. The normalized spacial score (nSPS) is 16.6. The molecule has 0 radical (unpaired) electrons. The highest BCUT2D eigenvalue weighted by Crippen LogP contribution is 2.35. The van der Waals surface area contributed by atoms with Crippen LogP contribution in [0.4, 0.5) is 0 Å². The van der Waals surface area contributed by atoms with Crippen LogP contribution in [0.3, 0.4) is 0 Å². The highest BCUT2D eigenvalue weighted by Gasteiger charge is 2.37. The summed E-state index contributed by atoms with van der Waals surface area (Å²) in [7, 11) is 0. The van der Waals surface area contributed by atoms with E-state index in [0.29, 0.717) is 12.5 Å². The summed E-state index contributed by atoms with van der Waals surface area (Å²) in [5, 5.41) is 0. The molecule has 1 atom stereocenters. The van der Waals surface area contributed by atoms with Gasteiger partial charge in [0.2, 0.25) is 0 Å². The average Bonchev–Trinajstić information content (AvgIpc) is 3.21. The van der Waals surface area contributed by atoms with Gasteiger partial charge in [0.05, 0.1) is 0 Å². The van der Waals surface area contributed by atoms with Crippen molar-refractivity contribution in [1.82, 2.24) is 0 Å². The van der Waals surface area contributed by atoms with Crippen LogP contribution in [-0.2, 0) is 11.2 Å². The summed E-state index contributed by atoms with van der Waals surface area (Å²) in [5.41, 5.74) is 2.09. The molecule has 0 heterocycles. The molecule has 1 unspecified atom stereocenters. The standard InChI is InChI=1S/C16H22O2/c1-3-5-12-6-8-13(9-7-12)15(17)16(18-4-2)14-10-11-14/h6-9,14,16H,3-5,10-11H2,1-2H3. The molecule has 2 nitrogen and oxygen atoms in total. The molecule has 2 rings (SSSR count). The van der Waals surface area contributed by atoms with Crippen molar-refractivity contribution in [2.24, 2.45) is 5.92 Å². The summed E-state index contributed by atoms with van der Waals surface area (Å²) in [6.45, 7) is 4.73. The summed E-state index contributed by atoms with van der Waals surface area (Å²) in [6, 6.07) is 8.02. The fraction of sp³-hybridized carbons (Fsp3) is 0.562. The van der Waals surface area contributed by atoms with Crippen molar-refractivity contribution in [3.8, 4) is 0 Å². The second-order valence-electron chi connectivity index (χ2n) is 5.02. The number of ketones is 1. The minimum Gasteiger partial charge on any atom is -0.370 e. The fourth-order valence-electron chi connectivity index (χ4n) is 2.29. The van der Waals surface area contributed by atoms with Crippen molar-refractivity contribution in [1.29, 1.82) is 0 Å². The van der Waals surface area contributed by atoms with Crippen molar-refractivity contribution in [3.05, 3.63) is 35.4 Å². The molecule has 18 heavy (non-hydrogen) atoms. The summed E-state index contributed by atoms with van der Waals surface area (Å²) in [6.07, 6.45) is 4.25. The highest BCUT2D eigenvalue weighted by molar-refractivity contribution is 5.99. The number of benzene rings is 1. The van der Waals surface area contributed by atoms with E-state index in [2.05, 4.69) is 19.1 Å². The second kappa shape index (κ2) is 6.14. The van der Waals surface area contributed by atoms with E-state index in [1.165, 1.54) is 5.56 Å². The Hall–Kier alpha value is -1.15. The van der Waals surface area contributed by atoms with Crippen molar-refractivity contribution in [2.75, 3.05) is 6.61 Å². The lowest BCUT2D eigenvalue weighted by atomic mass is 10.0. The largest absolute Gasteiger partial charge is 0.370 e. The maximum atomic E-state index is 12.4. The molecule has 1 fully saturated rings. The average molecular weight is 246 g/mol. The van der Waals surface area contributed by atoms with Crippen LogP contribution in [-0.4, -0.2) is 18.5 Å². The zero-order chi connectivity index (χ0) is 13.0. The SMILES string of the molecule is CCCc1ccc(C(=O)C(OCC)C2CC2)cc1. The van der Waals surface area contributed by atoms with Gasteiger partial charge in [-0.05, 0) is 37.7 Å². The molecule has 0 saturated heterocycles. The van der Waals surface area contributed by atoms with Gasteiger partial charge < -0.3 is 4.74 Å². The third-order valence-corrected chi connectivity index (χ3v) is 3.43. The first kappa shape index (κ1) is 13.3. The predicted molar refractivity (Wildman–Crippen MR) is 72.9 cm³/mol. The fourth-order valence-corrected chi connectivity index (χ4v) is 2.29. The topological polar surface area (TPSA) is 26.3 Å². The van der Waals surface area contributed by atoms with E-state index in [9.17, 15) is 4.79 Å². The molecule has 1 aliphatic carbocycles. The minimum atomic E-state index is -0.216. The minimum absolute atomic E-state index is 0.155. The number of carbonyl (C=O) groups excluding carboxylic acids is 1. The maximum absolute atomic E-state index is 12.4. The summed E-state index contributed by atoms with van der Waals surface area (Å²) in [4.78, 5) is 12.4. The molecule has 1 aliphatic rings. The van der Waals surface area contributed by atoms with Gasteiger partial charge in [0.1, 0.15) is 6.10 Å². The van der Waals surface area contributed by atoms with Gasteiger partial charge in [-0.3, -0.25) is 4.79 Å². The van der Waals surface area contributed by atoms with E-state index in [1.807, 2.05) is 19.1 Å². The summed E-state index contributed by atoms with van der Waals surface area (Å²) < 4.78 is 5.61. The second-order valence-corrected chi connectivity index (χ2v) is 5.02. The predicted octanol–water partition coefficient (Wildman–Crippen LogP) is 3.64. The number of rotatable bonds is 7. The Morgan fingerprint density at radius 2 is 1.94 bits per heavy atom. The molecule has 1 aromatic carbocycles. The monoisotopic (exact) mass is 246 g/mol. The third-order valence-electron chi connectivity index (χ3n) is 3.43. The first-order chi connectivity index (χ1) is 8.76. The number of Topliss-reactive ketones (excluding diaryl/α,β-unsaturated/α-hetero) is 1. The number of ether oxygens (including phenoxy) is 1.